The van der Waals surface area contributed by atoms with E-state index in [-0.39, 0.29) is 5.91 Å². The lowest BCUT2D eigenvalue weighted by molar-refractivity contribution is 0.0922. The molecule has 1 aromatic heterocycles. The van der Waals surface area contributed by atoms with E-state index in [1.807, 2.05) is 19.1 Å². The van der Waals surface area contributed by atoms with Crippen molar-refractivity contribution >= 4 is 16.8 Å². The van der Waals surface area contributed by atoms with Gasteiger partial charge in [0.25, 0.3) is 5.91 Å². The summed E-state index contributed by atoms with van der Waals surface area (Å²) in [5, 5.41) is 4.22. The molecule has 22 heavy (non-hydrogen) atoms. The number of hydrogen-bond donors (Lipinski definition) is 1. The van der Waals surface area contributed by atoms with Crippen molar-refractivity contribution in [2.75, 3.05) is 0 Å². The van der Waals surface area contributed by atoms with Crippen molar-refractivity contribution in [3.05, 3.63) is 41.1 Å². The third kappa shape index (κ3) is 3.13. The van der Waals surface area contributed by atoms with Crippen LogP contribution in [0.3, 0.4) is 0 Å². The van der Waals surface area contributed by atoms with Crippen molar-refractivity contribution in [3.8, 4) is 0 Å². The highest BCUT2D eigenvalue weighted by Gasteiger charge is 2.21. The van der Waals surface area contributed by atoms with E-state index < -0.39 is 0 Å². The topological polar surface area (TPSA) is 42.0 Å². The van der Waals surface area contributed by atoms with Gasteiger partial charge in [-0.2, -0.15) is 0 Å². The van der Waals surface area contributed by atoms with Crippen LogP contribution >= 0.6 is 0 Å². The molecule has 0 aliphatic heterocycles. The van der Waals surface area contributed by atoms with Gasteiger partial charge in [0.05, 0.1) is 16.8 Å². The zero-order chi connectivity index (χ0) is 15.7. The van der Waals surface area contributed by atoms with E-state index in [1.165, 1.54) is 18.4 Å². The van der Waals surface area contributed by atoms with Gasteiger partial charge in [-0.3, -0.25) is 9.78 Å². The Morgan fingerprint density at radius 1 is 1.14 bits per heavy atom. The van der Waals surface area contributed by atoms with Crippen LogP contribution in [0, 0.1) is 19.8 Å². The number of fused-ring (bicyclic) bond motifs is 1. The molecule has 0 spiro atoms. The number of nitrogens with one attached hydrogen (secondary N) is 1. The molecule has 1 aliphatic carbocycles. The van der Waals surface area contributed by atoms with Gasteiger partial charge in [0.1, 0.15) is 0 Å². The summed E-state index contributed by atoms with van der Waals surface area (Å²) in [6.07, 6.45) is 4.59. The van der Waals surface area contributed by atoms with Crippen LogP contribution in [0.4, 0.5) is 0 Å². The van der Waals surface area contributed by atoms with Gasteiger partial charge in [0.2, 0.25) is 0 Å². The Balaban J connectivity index is 1.81. The number of nitrogens with zero attached hydrogens (tertiary/aromatic N) is 1. The summed E-state index contributed by atoms with van der Waals surface area (Å²) in [5.74, 6) is 0.812. The zero-order valence-corrected chi connectivity index (χ0v) is 13.6. The van der Waals surface area contributed by atoms with E-state index in [1.54, 1.807) is 0 Å². The smallest absolute Gasteiger partial charge is 0.253 e. The predicted octanol–water partition coefficient (Wildman–Crippen LogP) is 4.16. The highest BCUT2D eigenvalue weighted by atomic mass is 16.1. The lowest BCUT2D eigenvalue weighted by atomic mass is 9.87. The minimum Gasteiger partial charge on any atom is -0.349 e. The molecule has 0 radical (unpaired) electrons. The summed E-state index contributed by atoms with van der Waals surface area (Å²) in [4.78, 5) is 17.2. The van der Waals surface area contributed by atoms with Crippen molar-refractivity contribution in [1.82, 2.24) is 10.3 Å². The van der Waals surface area contributed by atoms with Gasteiger partial charge in [-0.1, -0.05) is 19.1 Å². The van der Waals surface area contributed by atoms with Crippen molar-refractivity contribution in [2.45, 2.75) is 52.5 Å². The Labute approximate surface area is 132 Å². The SMILES string of the molecule is Cc1ccc2cc(C(=O)NC3CCC(C)CC3)c(C)nc2c1. The number of benzene rings is 1. The van der Waals surface area contributed by atoms with E-state index >= 15 is 0 Å². The van der Waals surface area contributed by atoms with E-state index in [0.717, 1.165) is 35.4 Å². The van der Waals surface area contributed by atoms with E-state index in [2.05, 4.69) is 36.3 Å². The number of aromatic nitrogens is 1. The molecule has 1 saturated carbocycles. The van der Waals surface area contributed by atoms with Gasteiger partial charge in [-0.25, -0.2) is 0 Å². The second-order valence-corrected chi connectivity index (χ2v) is 6.75. The monoisotopic (exact) mass is 296 g/mol. The predicted molar refractivity (Wildman–Crippen MR) is 90.1 cm³/mol. The van der Waals surface area contributed by atoms with E-state index in [0.29, 0.717) is 11.6 Å². The Bertz CT molecular complexity index is 700. The van der Waals surface area contributed by atoms with Crippen LogP contribution in [-0.2, 0) is 0 Å². The van der Waals surface area contributed by atoms with Crippen molar-refractivity contribution in [2.24, 2.45) is 5.92 Å². The van der Waals surface area contributed by atoms with E-state index in [4.69, 9.17) is 0 Å². The van der Waals surface area contributed by atoms with Crippen molar-refractivity contribution in [3.63, 3.8) is 0 Å². The average Bonchev–Trinajstić information content (AvgIpc) is 2.48. The van der Waals surface area contributed by atoms with Gasteiger partial charge in [0, 0.05) is 11.4 Å². The molecular weight excluding hydrogens is 272 g/mol. The summed E-state index contributed by atoms with van der Waals surface area (Å²) in [5.41, 5.74) is 3.66. The van der Waals surface area contributed by atoms with Gasteiger partial charge in [0.15, 0.2) is 0 Å². The number of amides is 1. The highest BCUT2D eigenvalue weighted by molar-refractivity contribution is 5.98. The fourth-order valence-electron chi connectivity index (χ4n) is 3.27. The number of pyridine rings is 1. The van der Waals surface area contributed by atoms with Crippen LogP contribution in [-0.4, -0.2) is 16.9 Å². The molecule has 1 fully saturated rings. The molecule has 3 nitrogen and oxygen atoms in total. The lowest BCUT2D eigenvalue weighted by Crippen LogP contribution is -2.37. The minimum atomic E-state index is 0.0204. The number of hydrogen-bond acceptors (Lipinski definition) is 2. The molecule has 1 aliphatic rings. The summed E-state index contributed by atoms with van der Waals surface area (Å²) >= 11 is 0. The van der Waals surface area contributed by atoms with Gasteiger partial charge < -0.3 is 5.32 Å². The van der Waals surface area contributed by atoms with Crippen LogP contribution in [0.5, 0.6) is 0 Å². The first-order valence-corrected chi connectivity index (χ1v) is 8.22. The normalized spacial score (nSPS) is 21.8. The molecule has 0 saturated heterocycles. The van der Waals surface area contributed by atoms with Gasteiger partial charge >= 0.3 is 0 Å². The first-order chi connectivity index (χ1) is 10.5. The third-order valence-corrected chi connectivity index (χ3v) is 4.76. The number of rotatable bonds is 2. The number of aryl methyl sites for hydroxylation is 2. The van der Waals surface area contributed by atoms with Crippen LogP contribution in [0.25, 0.3) is 10.9 Å². The first kappa shape index (κ1) is 15.0. The fourth-order valence-corrected chi connectivity index (χ4v) is 3.27. The molecule has 0 unspecified atom stereocenters. The Hall–Kier alpha value is -1.90. The molecule has 1 N–H and O–H groups in total. The molecule has 0 atom stereocenters. The number of carbonyl (C=O) groups excluding carboxylic acids is 1. The molecule has 1 amide bonds. The molecule has 2 aromatic rings. The maximum atomic E-state index is 12.6. The van der Waals surface area contributed by atoms with E-state index in [9.17, 15) is 4.79 Å². The zero-order valence-electron chi connectivity index (χ0n) is 13.6. The van der Waals surface area contributed by atoms with Crippen LogP contribution in [0.15, 0.2) is 24.3 Å². The molecule has 0 bridgehead atoms. The maximum absolute atomic E-state index is 12.6. The Kier molecular flexibility index (Phi) is 4.14. The van der Waals surface area contributed by atoms with Crippen molar-refractivity contribution in [1.29, 1.82) is 0 Å². The maximum Gasteiger partial charge on any atom is 0.253 e. The standard InChI is InChI=1S/C19H24N2O/c1-12-5-8-16(9-6-12)21-19(22)17-11-15-7-4-13(2)10-18(15)20-14(17)3/h4,7,10-12,16H,5-6,8-9H2,1-3H3,(H,21,22). The summed E-state index contributed by atoms with van der Waals surface area (Å²) in [7, 11) is 0. The molecule has 3 rings (SSSR count). The second-order valence-electron chi connectivity index (χ2n) is 6.75. The quantitative estimate of drug-likeness (QED) is 0.904. The Morgan fingerprint density at radius 3 is 2.59 bits per heavy atom. The summed E-state index contributed by atoms with van der Waals surface area (Å²) in [6.45, 7) is 6.26. The first-order valence-electron chi connectivity index (χ1n) is 8.22. The van der Waals surface area contributed by atoms with Crippen LogP contribution in [0.1, 0.15) is 54.2 Å². The van der Waals surface area contributed by atoms with Crippen LogP contribution in [0.2, 0.25) is 0 Å². The second kappa shape index (κ2) is 6.07. The van der Waals surface area contributed by atoms with Crippen LogP contribution < -0.4 is 5.32 Å². The number of carbonyl (C=O) groups is 1. The summed E-state index contributed by atoms with van der Waals surface area (Å²) in [6, 6.07) is 8.45. The lowest BCUT2D eigenvalue weighted by Gasteiger charge is -2.27. The largest absolute Gasteiger partial charge is 0.349 e. The molecular formula is C19H24N2O. The molecule has 116 valence electrons. The summed E-state index contributed by atoms with van der Waals surface area (Å²) < 4.78 is 0. The molecule has 3 heteroatoms. The molecule has 1 heterocycles. The average molecular weight is 296 g/mol. The fraction of sp³-hybridized carbons (Fsp3) is 0.474. The van der Waals surface area contributed by atoms with Gasteiger partial charge in [-0.05, 0) is 63.1 Å². The third-order valence-electron chi connectivity index (χ3n) is 4.76. The minimum absolute atomic E-state index is 0.0204. The van der Waals surface area contributed by atoms with Crippen molar-refractivity contribution < 1.29 is 4.79 Å². The molecule has 1 aromatic carbocycles. The van der Waals surface area contributed by atoms with Gasteiger partial charge in [-0.15, -0.1) is 0 Å². The highest BCUT2D eigenvalue weighted by Crippen LogP contribution is 2.24. The Morgan fingerprint density at radius 2 is 1.86 bits per heavy atom.